The number of hydrogen-bond acceptors (Lipinski definition) is 6. The highest BCUT2D eigenvalue weighted by Gasteiger charge is 2.43. The maximum Gasteiger partial charge on any atom is 0.310 e. The molecule has 0 radical (unpaired) electrons. The molecule has 0 aliphatic carbocycles. The summed E-state index contributed by atoms with van der Waals surface area (Å²) in [4.78, 5) is 22.9. The zero-order valence-corrected chi connectivity index (χ0v) is 20.3. The van der Waals surface area contributed by atoms with Gasteiger partial charge in [0.2, 0.25) is 5.95 Å². The molecule has 1 aliphatic heterocycles. The average molecular weight is 505 g/mol. The molecule has 1 saturated heterocycles. The van der Waals surface area contributed by atoms with E-state index >= 15 is 4.39 Å². The zero-order chi connectivity index (χ0) is 25.2. The highest BCUT2D eigenvalue weighted by Crippen LogP contribution is 2.37. The van der Waals surface area contributed by atoms with Gasteiger partial charge in [-0.05, 0) is 45.3 Å². The molecule has 3 aromatic rings. The van der Waals surface area contributed by atoms with Crippen LogP contribution in [0.2, 0.25) is 5.02 Å². The van der Waals surface area contributed by atoms with Crippen molar-refractivity contribution >= 4 is 29.3 Å². The van der Waals surface area contributed by atoms with E-state index < -0.39 is 23.0 Å². The van der Waals surface area contributed by atoms with E-state index in [0.29, 0.717) is 37.4 Å². The number of aryl methyl sites for hydroxylation is 2. The third-order valence-corrected chi connectivity index (χ3v) is 6.76. The molecule has 1 fully saturated rings. The van der Waals surface area contributed by atoms with Gasteiger partial charge >= 0.3 is 5.97 Å². The smallest absolute Gasteiger partial charge is 0.310 e. The molecule has 1 aliphatic rings. The molecule has 0 bridgehead atoms. The third-order valence-electron chi connectivity index (χ3n) is 6.47. The molecule has 0 saturated carbocycles. The molecular formula is C24H27ClF2N6O2. The van der Waals surface area contributed by atoms with Crippen molar-refractivity contribution in [3.05, 3.63) is 63.6 Å². The van der Waals surface area contributed by atoms with Gasteiger partial charge < -0.3 is 10.4 Å². The summed E-state index contributed by atoms with van der Waals surface area (Å²) in [6.45, 7) is 4.78. The zero-order valence-electron chi connectivity index (χ0n) is 19.5. The number of hydrogen-bond donors (Lipinski definition) is 3. The minimum Gasteiger partial charge on any atom is -0.481 e. The Labute approximate surface area is 206 Å². The van der Waals surface area contributed by atoms with Crippen molar-refractivity contribution < 1.29 is 18.7 Å². The molecule has 1 aromatic carbocycles. The summed E-state index contributed by atoms with van der Waals surface area (Å²) in [6, 6.07) is 6.60. The van der Waals surface area contributed by atoms with Gasteiger partial charge in [-0.1, -0.05) is 30.7 Å². The second-order valence-corrected chi connectivity index (χ2v) is 9.33. The van der Waals surface area contributed by atoms with Crippen molar-refractivity contribution in [1.82, 2.24) is 25.1 Å². The van der Waals surface area contributed by atoms with Gasteiger partial charge in [-0.25, -0.2) is 18.7 Å². The highest BCUT2D eigenvalue weighted by atomic mass is 35.5. The first-order chi connectivity index (χ1) is 16.7. The molecule has 8 nitrogen and oxygen atoms in total. The van der Waals surface area contributed by atoms with Crippen LogP contribution in [0.15, 0.2) is 24.3 Å². The van der Waals surface area contributed by atoms with Crippen LogP contribution in [0.4, 0.5) is 20.5 Å². The van der Waals surface area contributed by atoms with Gasteiger partial charge in [0.05, 0.1) is 21.8 Å². The van der Waals surface area contributed by atoms with Crippen molar-refractivity contribution in [2.75, 3.05) is 18.4 Å². The number of rotatable bonds is 8. The van der Waals surface area contributed by atoms with E-state index in [-0.39, 0.29) is 41.6 Å². The lowest BCUT2D eigenvalue weighted by Crippen LogP contribution is -2.45. The van der Waals surface area contributed by atoms with Crippen LogP contribution in [0.3, 0.4) is 0 Å². The number of likely N-dealkylation sites (tertiary alicyclic amines) is 1. The first-order valence-electron chi connectivity index (χ1n) is 11.4. The van der Waals surface area contributed by atoms with E-state index in [9.17, 15) is 14.3 Å². The van der Waals surface area contributed by atoms with Gasteiger partial charge in [0.1, 0.15) is 5.82 Å². The van der Waals surface area contributed by atoms with Crippen molar-refractivity contribution in [2.24, 2.45) is 5.41 Å². The molecule has 4 rings (SSSR count). The van der Waals surface area contributed by atoms with E-state index in [1.54, 1.807) is 25.1 Å². The van der Waals surface area contributed by atoms with Crippen molar-refractivity contribution in [3.63, 3.8) is 0 Å². The number of benzene rings is 1. The number of H-pyrrole nitrogens is 1. The maximum absolute atomic E-state index is 15.2. The summed E-state index contributed by atoms with van der Waals surface area (Å²) in [5.41, 5.74) is 0.366. The van der Waals surface area contributed by atoms with Crippen LogP contribution < -0.4 is 5.32 Å². The van der Waals surface area contributed by atoms with Crippen molar-refractivity contribution in [1.29, 1.82) is 0 Å². The fourth-order valence-corrected chi connectivity index (χ4v) is 4.58. The normalized spacial score (nSPS) is 15.8. The van der Waals surface area contributed by atoms with Gasteiger partial charge in [0, 0.05) is 30.3 Å². The number of aromatic nitrogens is 4. The Kier molecular flexibility index (Phi) is 7.32. The quantitative estimate of drug-likeness (QED) is 0.409. The number of aliphatic carboxylic acids is 1. The predicted octanol–water partition coefficient (Wildman–Crippen LogP) is 4.66. The second-order valence-electron chi connectivity index (χ2n) is 8.92. The molecule has 0 spiro atoms. The summed E-state index contributed by atoms with van der Waals surface area (Å²) in [7, 11) is 0. The first-order valence-corrected chi connectivity index (χ1v) is 11.8. The number of carboxylic acid groups (broad SMARTS) is 1. The van der Waals surface area contributed by atoms with E-state index in [1.165, 1.54) is 6.07 Å². The Hall–Kier alpha value is -3.11. The molecule has 35 heavy (non-hydrogen) atoms. The highest BCUT2D eigenvalue weighted by molar-refractivity contribution is 6.30. The Balaban J connectivity index is 1.53. The summed E-state index contributed by atoms with van der Waals surface area (Å²) in [5, 5.41) is 20.0. The minimum atomic E-state index is -1.19. The Morgan fingerprint density at radius 3 is 2.57 bits per heavy atom. The molecular weight excluding hydrogens is 478 g/mol. The molecule has 3 heterocycles. The van der Waals surface area contributed by atoms with Gasteiger partial charge in [0.25, 0.3) is 0 Å². The summed E-state index contributed by atoms with van der Waals surface area (Å²) in [5.74, 6) is -1.40. The van der Waals surface area contributed by atoms with Gasteiger partial charge in [-0.2, -0.15) is 5.10 Å². The Morgan fingerprint density at radius 2 is 1.94 bits per heavy atom. The molecule has 186 valence electrons. The van der Waals surface area contributed by atoms with E-state index in [1.807, 2.05) is 11.8 Å². The molecule has 0 unspecified atom stereocenters. The monoisotopic (exact) mass is 504 g/mol. The molecule has 2 aromatic heterocycles. The average Bonchev–Trinajstić information content (AvgIpc) is 3.24. The van der Waals surface area contributed by atoms with Gasteiger partial charge in [-0.15, -0.1) is 0 Å². The van der Waals surface area contributed by atoms with Crippen molar-refractivity contribution in [3.8, 4) is 0 Å². The lowest BCUT2D eigenvalue weighted by Gasteiger charge is -2.39. The molecule has 0 amide bonds. The van der Waals surface area contributed by atoms with Crippen molar-refractivity contribution in [2.45, 2.75) is 46.1 Å². The summed E-state index contributed by atoms with van der Waals surface area (Å²) < 4.78 is 29.5. The topological polar surface area (TPSA) is 107 Å². The molecule has 0 atom stereocenters. The van der Waals surface area contributed by atoms with Crippen LogP contribution in [0, 0.1) is 24.0 Å². The van der Waals surface area contributed by atoms with E-state index in [0.717, 1.165) is 5.69 Å². The van der Waals surface area contributed by atoms with Crippen LogP contribution in [0.1, 0.15) is 42.4 Å². The number of halogens is 3. The summed E-state index contributed by atoms with van der Waals surface area (Å²) in [6.07, 6.45) is 0.805. The van der Waals surface area contributed by atoms with Crippen LogP contribution >= 0.6 is 11.6 Å². The standard InChI is InChI=1S/C24H27ClF2N6O2/c1-3-17-21(27)18(29-23(28-17)30-19-11-14(2)31-32-19)12-24(22(34)35)7-9-33(10-8-24)13-15-5-4-6-16(25)20(15)26/h4-6,11H,3,7-10,12-13H2,1-2H3,(H,34,35)(H2,28,29,30,31,32). The number of aromatic amines is 1. The number of nitrogens with zero attached hydrogens (tertiary/aromatic N) is 4. The molecule has 11 heteroatoms. The minimum absolute atomic E-state index is 0.0553. The Morgan fingerprint density at radius 1 is 1.23 bits per heavy atom. The van der Waals surface area contributed by atoms with Gasteiger partial charge in [0.15, 0.2) is 11.6 Å². The number of carboxylic acids is 1. The Bertz CT molecular complexity index is 1230. The number of nitrogens with one attached hydrogen (secondary N) is 2. The van der Waals surface area contributed by atoms with Crippen LogP contribution in [0.25, 0.3) is 0 Å². The van der Waals surface area contributed by atoms with E-state index in [4.69, 9.17) is 11.6 Å². The maximum atomic E-state index is 15.2. The predicted molar refractivity (Wildman–Crippen MR) is 128 cm³/mol. The van der Waals surface area contributed by atoms with E-state index in [2.05, 4.69) is 25.5 Å². The largest absolute Gasteiger partial charge is 0.481 e. The van der Waals surface area contributed by atoms with Crippen LogP contribution in [-0.2, 0) is 24.2 Å². The number of carbonyl (C=O) groups is 1. The summed E-state index contributed by atoms with van der Waals surface area (Å²) >= 11 is 5.88. The van der Waals surface area contributed by atoms with Crippen LogP contribution in [-0.4, -0.2) is 49.2 Å². The SMILES string of the molecule is CCc1nc(Nc2cc(C)[nH]n2)nc(CC2(C(=O)O)CCN(Cc3cccc(Cl)c3F)CC2)c1F. The van der Waals surface area contributed by atoms with Crippen LogP contribution in [0.5, 0.6) is 0 Å². The molecule has 3 N–H and O–H groups in total. The second kappa shape index (κ2) is 10.2. The first kappa shape index (κ1) is 25.0. The number of anilines is 2. The lowest BCUT2D eigenvalue weighted by atomic mass is 9.74. The number of piperidine rings is 1. The third kappa shape index (κ3) is 5.43. The fraction of sp³-hybridized carbons (Fsp3) is 0.417. The fourth-order valence-electron chi connectivity index (χ4n) is 4.39. The van der Waals surface area contributed by atoms with Gasteiger partial charge in [-0.3, -0.25) is 14.8 Å². The lowest BCUT2D eigenvalue weighted by molar-refractivity contribution is -0.152.